The zero-order valence-corrected chi connectivity index (χ0v) is 9.91. The van der Waals surface area contributed by atoms with Crippen LogP contribution in [0.3, 0.4) is 0 Å². The summed E-state index contributed by atoms with van der Waals surface area (Å²) >= 11 is 0. The maximum atomic E-state index is 3.93. The van der Waals surface area contributed by atoms with Crippen molar-refractivity contribution < 1.29 is 0 Å². The summed E-state index contributed by atoms with van der Waals surface area (Å²) in [6.45, 7) is 12.9. The molecule has 1 N–H and O–H groups in total. The molecule has 0 rings (SSSR count). The summed E-state index contributed by atoms with van der Waals surface area (Å²) in [4.78, 5) is 0. The number of hydrogen-bond acceptors (Lipinski definition) is 1. The van der Waals surface area contributed by atoms with Crippen LogP contribution in [0.1, 0.15) is 47.0 Å². The normalized spacial score (nSPS) is 14.2. The van der Waals surface area contributed by atoms with E-state index >= 15 is 0 Å². The molecule has 0 saturated carbocycles. The Balaban J connectivity index is 3.83. The Morgan fingerprint density at radius 2 is 1.92 bits per heavy atom. The van der Waals surface area contributed by atoms with E-state index in [0.717, 1.165) is 6.42 Å². The van der Waals surface area contributed by atoms with Gasteiger partial charge < -0.3 is 5.32 Å². The Kier molecular flexibility index (Phi) is 5.31. The molecule has 0 heterocycles. The van der Waals surface area contributed by atoms with E-state index in [-0.39, 0.29) is 0 Å². The minimum Gasteiger partial charge on any atom is -0.317 e. The molecule has 1 unspecified atom stereocenters. The fourth-order valence-electron chi connectivity index (χ4n) is 1.51. The van der Waals surface area contributed by atoms with Crippen LogP contribution in [0.5, 0.6) is 0 Å². The van der Waals surface area contributed by atoms with Crippen molar-refractivity contribution in [3.63, 3.8) is 0 Å². The quantitative estimate of drug-likeness (QED) is 0.644. The maximum absolute atomic E-state index is 3.93. The average molecular weight is 183 g/mol. The molecule has 1 atom stereocenters. The summed E-state index contributed by atoms with van der Waals surface area (Å²) in [6, 6.07) is 0.636. The number of allylic oxidation sites excluding steroid dienone is 1. The van der Waals surface area contributed by atoms with Crippen LogP contribution in [0.4, 0.5) is 0 Å². The van der Waals surface area contributed by atoms with Gasteiger partial charge in [-0.1, -0.05) is 26.3 Å². The summed E-state index contributed by atoms with van der Waals surface area (Å²) < 4.78 is 0. The molecule has 0 aliphatic heterocycles. The topological polar surface area (TPSA) is 12.0 Å². The molecule has 0 saturated heterocycles. The summed E-state index contributed by atoms with van der Waals surface area (Å²) in [7, 11) is 2.05. The van der Waals surface area contributed by atoms with Crippen molar-refractivity contribution in [3.8, 4) is 0 Å². The SMILES string of the molecule is C=C(C)CCC(CC(C)(C)C)NC. The van der Waals surface area contributed by atoms with Gasteiger partial charge in [0.25, 0.3) is 0 Å². The third-order valence-electron chi connectivity index (χ3n) is 2.19. The average Bonchev–Trinajstić information content (AvgIpc) is 1.95. The molecule has 1 heteroatoms. The van der Waals surface area contributed by atoms with Gasteiger partial charge in [0.2, 0.25) is 0 Å². The highest BCUT2D eigenvalue weighted by molar-refractivity contribution is 4.89. The molecule has 0 aliphatic carbocycles. The maximum Gasteiger partial charge on any atom is 0.00720 e. The first-order valence-electron chi connectivity index (χ1n) is 5.17. The van der Waals surface area contributed by atoms with Crippen LogP contribution in [0, 0.1) is 5.41 Å². The zero-order valence-electron chi connectivity index (χ0n) is 9.91. The molecule has 0 aromatic heterocycles. The molecule has 0 bridgehead atoms. The smallest absolute Gasteiger partial charge is 0.00720 e. The minimum absolute atomic E-state index is 0.419. The van der Waals surface area contributed by atoms with Crippen molar-refractivity contribution in [1.29, 1.82) is 0 Å². The zero-order chi connectivity index (χ0) is 10.5. The molecule has 0 spiro atoms. The van der Waals surface area contributed by atoms with E-state index in [2.05, 4.69) is 46.6 Å². The van der Waals surface area contributed by atoms with Crippen LogP contribution in [-0.4, -0.2) is 13.1 Å². The van der Waals surface area contributed by atoms with Gasteiger partial charge in [-0.05, 0) is 38.6 Å². The molecule has 0 fully saturated rings. The van der Waals surface area contributed by atoms with Gasteiger partial charge in [0.05, 0.1) is 0 Å². The Bertz CT molecular complexity index is 153. The molecule has 0 radical (unpaired) electrons. The van der Waals surface area contributed by atoms with Crippen LogP contribution < -0.4 is 5.32 Å². The van der Waals surface area contributed by atoms with Gasteiger partial charge in [0.1, 0.15) is 0 Å². The van der Waals surface area contributed by atoms with E-state index in [9.17, 15) is 0 Å². The number of nitrogens with one attached hydrogen (secondary N) is 1. The van der Waals surface area contributed by atoms with E-state index in [0.29, 0.717) is 11.5 Å². The lowest BCUT2D eigenvalue weighted by Crippen LogP contribution is -2.29. The summed E-state index contributed by atoms with van der Waals surface area (Å²) in [6.07, 6.45) is 3.58. The summed E-state index contributed by atoms with van der Waals surface area (Å²) in [5, 5.41) is 3.37. The van der Waals surface area contributed by atoms with Crippen molar-refractivity contribution >= 4 is 0 Å². The molecule has 1 nitrogen and oxygen atoms in total. The van der Waals surface area contributed by atoms with Crippen LogP contribution >= 0.6 is 0 Å². The van der Waals surface area contributed by atoms with Crippen molar-refractivity contribution in [2.45, 2.75) is 53.0 Å². The predicted octanol–water partition coefficient (Wildman–Crippen LogP) is 3.37. The van der Waals surface area contributed by atoms with Gasteiger partial charge in [0, 0.05) is 6.04 Å². The molecule has 0 aliphatic rings. The first kappa shape index (κ1) is 12.7. The first-order valence-corrected chi connectivity index (χ1v) is 5.17. The third-order valence-corrected chi connectivity index (χ3v) is 2.19. The monoisotopic (exact) mass is 183 g/mol. The Hall–Kier alpha value is -0.300. The van der Waals surface area contributed by atoms with Crippen molar-refractivity contribution in [3.05, 3.63) is 12.2 Å². The largest absolute Gasteiger partial charge is 0.317 e. The lowest BCUT2D eigenvalue weighted by atomic mass is 9.86. The van der Waals surface area contributed by atoms with Crippen molar-refractivity contribution in [2.75, 3.05) is 7.05 Å². The van der Waals surface area contributed by atoms with Crippen LogP contribution in [0.25, 0.3) is 0 Å². The van der Waals surface area contributed by atoms with E-state index < -0.39 is 0 Å². The van der Waals surface area contributed by atoms with Gasteiger partial charge >= 0.3 is 0 Å². The second-order valence-electron chi connectivity index (χ2n) is 5.25. The minimum atomic E-state index is 0.419. The van der Waals surface area contributed by atoms with E-state index in [1.54, 1.807) is 0 Å². The highest BCUT2D eigenvalue weighted by atomic mass is 14.9. The van der Waals surface area contributed by atoms with Gasteiger partial charge in [-0.3, -0.25) is 0 Å². The molecule has 0 amide bonds. The van der Waals surface area contributed by atoms with E-state index in [4.69, 9.17) is 0 Å². The highest BCUT2D eigenvalue weighted by Gasteiger charge is 2.16. The number of hydrogen-bond donors (Lipinski definition) is 1. The first-order chi connectivity index (χ1) is 5.85. The summed E-state index contributed by atoms with van der Waals surface area (Å²) in [5.74, 6) is 0. The van der Waals surface area contributed by atoms with Crippen LogP contribution in [0.2, 0.25) is 0 Å². The lowest BCUT2D eigenvalue weighted by Gasteiger charge is -2.25. The van der Waals surface area contributed by atoms with Crippen molar-refractivity contribution in [2.24, 2.45) is 5.41 Å². The molecule has 0 aromatic carbocycles. The fraction of sp³-hybridized carbons (Fsp3) is 0.833. The Labute approximate surface area is 83.6 Å². The Morgan fingerprint density at radius 3 is 2.23 bits per heavy atom. The van der Waals surface area contributed by atoms with Gasteiger partial charge in [-0.2, -0.15) is 0 Å². The van der Waals surface area contributed by atoms with Gasteiger partial charge in [-0.15, -0.1) is 6.58 Å². The van der Waals surface area contributed by atoms with Crippen LogP contribution in [0.15, 0.2) is 12.2 Å². The third kappa shape index (κ3) is 8.04. The molecule has 78 valence electrons. The summed E-state index contributed by atoms with van der Waals surface area (Å²) in [5.41, 5.74) is 1.71. The van der Waals surface area contributed by atoms with Gasteiger partial charge in [0.15, 0.2) is 0 Å². The lowest BCUT2D eigenvalue weighted by molar-refractivity contribution is 0.307. The second kappa shape index (κ2) is 5.43. The standard InChI is InChI=1S/C12H25N/c1-10(2)7-8-11(13-6)9-12(3,4)5/h11,13H,1,7-9H2,2-6H3. The van der Waals surface area contributed by atoms with E-state index in [1.165, 1.54) is 18.4 Å². The molecular weight excluding hydrogens is 158 g/mol. The second-order valence-corrected chi connectivity index (χ2v) is 5.25. The predicted molar refractivity (Wildman–Crippen MR) is 61.0 cm³/mol. The van der Waals surface area contributed by atoms with Crippen molar-refractivity contribution in [1.82, 2.24) is 5.32 Å². The van der Waals surface area contributed by atoms with Crippen LogP contribution in [-0.2, 0) is 0 Å². The van der Waals surface area contributed by atoms with E-state index in [1.807, 2.05) is 0 Å². The highest BCUT2D eigenvalue weighted by Crippen LogP contribution is 2.23. The fourth-order valence-corrected chi connectivity index (χ4v) is 1.51. The molecule has 13 heavy (non-hydrogen) atoms. The number of rotatable bonds is 5. The van der Waals surface area contributed by atoms with Gasteiger partial charge in [-0.25, -0.2) is 0 Å². The Morgan fingerprint density at radius 1 is 1.38 bits per heavy atom. The molecular formula is C12H25N. The molecule has 0 aromatic rings.